The minimum absolute atomic E-state index is 0.319. The summed E-state index contributed by atoms with van der Waals surface area (Å²) in [5.41, 5.74) is 3.07. The Kier molecular flexibility index (Phi) is 4.10. The van der Waals surface area contributed by atoms with Crippen molar-refractivity contribution >= 4 is 5.91 Å². The molecular formula is C10H14N2O2. The van der Waals surface area contributed by atoms with E-state index >= 15 is 0 Å². The first-order chi connectivity index (χ1) is 6.74. The van der Waals surface area contributed by atoms with Crippen LogP contribution in [0.3, 0.4) is 0 Å². The smallest absolute Gasteiger partial charge is 0.262 e. The molecule has 3 N–H and O–H groups in total. The van der Waals surface area contributed by atoms with Gasteiger partial charge in [0.25, 0.3) is 5.91 Å². The third-order valence-corrected chi connectivity index (χ3v) is 1.85. The summed E-state index contributed by atoms with van der Waals surface area (Å²) in [6.07, 6.45) is -0.528. The van der Waals surface area contributed by atoms with Crippen LogP contribution in [0.4, 0.5) is 0 Å². The maximum atomic E-state index is 11.0. The lowest BCUT2D eigenvalue weighted by atomic mass is 10.2. The van der Waals surface area contributed by atoms with Crippen LogP contribution in [0.15, 0.2) is 30.3 Å². The number of amides is 1. The highest BCUT2D eigenvalue weighted by atomic mass is 16.5. The highest BCUT2D eigenvalue weighted by Gasteiger charge is 2.10. The van der Waals surface area contributed by atoms with Crippen molar-refractivity contribution in [3.63, 3.8) is 0 Å². The first kappa shape index (κ1) is 10.7. The minimum Gasteiger partial charge on any atom is -0.364 e. The van der Waals surface area contributed by atoms with Crippen molar-refractivity contribution in [2.45, 2.75) is 19.6 Å². The zero-order valence-electron chi connectivity index (χ0n) is 8.07. The van der Waals surface area contributed by atoms with Gasteiger partial charge in [-0.1, -0.05) is 30.3 Å². The lowest BCUT2D eigenvalue weighted by Gasteiger charge is -2.10. The van der Waals surface area contributed by atoms with Crippen molar-refractivity contribution in [3.8, 4) is 0 Å². The summed E-state index contributed by atoms with van der Waals surface area (Å²) in [6.45, 7) is 2.07. The Morgan fingerprint density at radius 2 is 2.14 bits per heavy atom. The van der Waals surface area contributed by atoms with Crippen molar-refractivity contribution < 1.29 is 9.53 Å². The standard InChI is InChI=1S/C10H14N2O2/c1-8(10(13)12-11)14-7-9-5-3-2-4-6-9/h2-6,8H,7,11H2,1H3,(H,12,13)/t8-/m1/s1. The van der Waals surface area contributed by atoms with E-state index in [1.165, 1.54) is 0 Å². The van der Waals surface area contributed by atoms with Crippen molar-refractivity contribution in [1.82, 2.24) is 5.43 Å². The molecule has 0 saturated carbocycles. The monoisotopic (exact) mass is 194 g/mol. The molecule has 1 aromatic rings. The molecule has 0 aliphatic rings. The first-order valence-electron chi connectivity index (χ1n) is 4.40. The van der Waals surface area contributed by atoms with Crippen molar-refractivity contribution in [1.29, 1.82) is 0 Å². The number of nitrogens with one attached hydrogen (secondary N) is 1. The predicted octanol–water partition coefficient (Wildman–Crippen LogP) is 0.582. The third-order valence-electron chi connectivity index (χ3n) is 1.85. The molecule has 0 aliphatic heterocycles. The van der Waals surface area contributed by atoms with Crippen molar-refractivity contribution in [3.05, 3.63) is 35.9 Å². The average molecular weight is 194 g/mol. The number of hydrogen-bond donors (Lipinski definition) is 2. The molecule has 0 radical (unpaired) electrons. The maximum Gasteiger partial charge on any atom is 0.262 e. The van der Waals surface area contributed by atoms with Gasteiger partial charge in [-0.05, 0) is 12.5 Å². The highest BCUT2D eigenvalue weighted by molar-refractivity contribution is 5.79. The van der Waals surface area contributed by atoms with E-state index in [-0.39, 0.29) is 5.91 Å². The average Bonchev–Trinajstić information content (AvgIpc) is 2.26. The Labute approximate surface area is 83.0 Å². The fourth-order valence-corrected chi connectivity index (χ4v) is 0.989. The van der Waals surface area contributed by atoms with Crippen LogP contribution in [0.5, 0.6) is 0 Å². The molecule has 1 atom stereocenters. The zero-order valence-corrected chi connectivity index (χ0v) is 8.07. The van der Waals surface area contributed by atoms with E-state index in [1.807, 2.05) is 35.8 Å². The molecule has 0 fully saturated rings. The fourth-order valence-electron chi connectivity index (χ4n) is 0.989. The SMILES string of the molecule is C[C@@H](OCc1ccccc1)C(=O)NN. The lowest BCUT2D eigenvalue weighted by molar-refractivity contribution is -0.132. The zero-order chi connectivity index (χ0) is 10.4. The number of nitrogens with two attached hydrogens (primary N) is 1. The Morgan fingerprint density at radius 1 is 1.50 bits per heavy atom. The molecule has 76 valence electrons. The highest BCUT2D eigenvalue weighted by Crippen LogP contribution is 2.02. The van der Waals surface area contributed by atoms with Gasteiger partial charge in [-0.3, -0.25) is 10.2 Å². The topological polar surface area (TPSA) is 64.3 Å². The number of rotatable bonds is 4. The largest absolute Gasteiger partial charge is 0.364 e. The van der Waals surface area contributed by atoms with Gasteiger partial charge in [0.1, 0.15) is 6.10 Å². The van der Waals surface area contributed by atoms with Crippen LogP contribution < -0.4 is 11.3 Å². The van der Waals surface area contributed by atoms with E-state index in [4.69, 9.17) is 10.6 Å². The van der Waals surface area contributed by atoms with Crippen molar-refractivity contribution in [2.24, 2.45) is 5.84 Å². The van der Waals surface area contributed by atoms with Crippen LogP contribution in [-0.2, 0) is 16.1 Å². The molecule has 0 bridgehead atoms. The molecule has 0 unspecified atom stereocenters. The fraction of sp³-hybridized carbons (Fsp3) is 0.300. The van der Waals surface area contributed by atoms with Crippen LogP contribution in [0.1, 0.15) is 12.5 Å². The molecule has 0 heterocycles. The van der Waals surface area contributed by atoms with Gasteiger partial charge in [0.15, 0.2) is 0 Å². The van der Waals surface area contributed by atoms with Gasteiger partial charge >= 0.3 is 0 Å². The van der Waals surface area contributed by atoms with Gasteiger partial charge in [-0.15, -0.1) is 0 Å². The minimum atomic E-state index is -0.528. The van der Waals surface area contributed by atoms with Gasteiger partial charge in [0, 0.05) is 0 Å². The Balaban J connectivity index is 2.38. The predicted molar refractivity (Wildman–Crippen MR) is 53.0 cm³/mol. The van der Waals surface area contributed by atoms with Gasteiger partial charge in [0.2, 0.25) is 0 Å². The molecule has 1 aromatic carbocycles. The summed E-state index contributed by atoms with van der Waals surface area (Å²) >= 11 is 0. The second kappa shape index (κ2) is 5.36. The van der Waals surface area contributed by atoms with E-state index in [0.29, 0.717) is 6.61 Å². The summed E-state index contributed by atoms with van der Waals surface area (Å²) in [5, 5.41) is 0. The van der Waals surface area contributed by atoms with Gasteiger partial charge in [-0.2, -0.15) is 0 Å². The molecule has 14 heavy (non-hydrogen) atoms. The first-order valence-corrected chi connectivity index (χ1v) is 4.40. The molecule has 1 amide bonds. The number of hydrogen-bond acceptors (Lipinski definition) is 3. The Hall–Kier alpha value is -1.39. The van der Waals surface area contributed by atoms with Gasteiger partial charge in [-0.25, -0.2) is 5.84 Å². The Bertz CT molecular complexity index is 287. The van der Waals surface area contributed by atoms with E-state index in [2.05, 4.69) is 0 Å². The summed E-state index contributed by atoms with van der Waals surface area (Å²) in [7, 11) is 0. The Morgan fingerprint density at radius 3 is 2.71 bits per heavy atom. The number of hydrazine groups is 1. The molecule has 0 aliphatic carbocycles. The normalized spacial score (nSPS) is 12.1. The number of benzene rings is 1. The molecule has 0 spiro atoms. The summed E-state index contributed by atoms with van der Waals surface area (Å²) in [5.74, 6) is 4.64. The summed E-state index contributed by atoms with van der Waals surface area (Å²) < 4.78 is 5.29. The van der Waals surface area contributed by atoms with Crippen LogP contribution in [0.25, 0.3) is 0 Å². The molecule has 1 rings (SSSR count). The summed E-state index contributed by atoms with van der Waals surface area (Å²) in [6, 6.07) is 9.65. The molecule has 4 nitrogen and oxygen atoms in total. The third kappa shape index (κ3) is 3.16. The van der Waals surface area contributed by atoms with E-state index in [0.717, 1.165) is 5.56 Å². The van der Waals surface area contributed by atoms with Crippen molar-refractivity contribution in [2.75, 3.05) is 0 Å². The van der Waals surface area contributed by atoms with E-state index < -0.39 is 6.10 Å². The second-order valence-electron chi connectivity index (χ2n) is 2.95. The second-order valence-corrected chi connectivity index (χ2v) is 2.95. The summed E-state index contributed by atoms with van der Waals surface area (Å²) in [4.78, 5) is 11.0. The van der Waals surface area contributed by atoms with Crippen LogP contribution in [0, 0.1) is 0 Å². The maximum absolute atomic E-state index is 11.0. The van der Waals surface area contributed by atoms with E-state index in [1.54, 1.807) is 6.92 Å². The van der Waals surface area contributed by atoms with Gasteiger partial charge < -0.3 is 4.74 Å². The lowest BCUT2D eigenvalue weighted by Crippen LogP contribution is -2.38. The molecule has 0 saturated heterocycles. The molecular weight excluding hydrogens is 180 g/mol. The molecule has 4 heteroatoms. The van der Waals surface area contributed by atoms with Crippen LogP contribution >= 0.6 is 0 Å². The number of carbonyl (C=O) groups excluding carboxylic acids is 1. The number of ether oxygens (including phenoxy) is 1. The van der Waals surface area contributed by atoms with Gasteiger partial charge in [0.05, 0.1) is 6.61 Å². The number of carbonyl (C=O) groups is 1. The quantitative estimate of drug-likeness (QED) is 0.418. The van der Waals surface area contributed by atoms with Crippen LogP contribution in [-0.4, -0.2) is 12.0 Å². The van der Waals surface area contributed by atoms with Crippen LogP contribution in [0.2, 0.25) is 0 Å². The van der Waals surface area contributed by atoms with E-state index in [9.17, 15) is 4.79 Å². The molecule has 0 aromatic heterocycles.